The predicted octanol–water partition coefficient (Wildman–Crippen LogP) is 2.83. The average molecular weight is 423 g/mol. The van der Waals surface area contributed by atoms with Gasteiger partial charge in [0, 0.05) is 0 Å². The number of nitrogens with zero attached hydrogens (tertiary/aromatic N) is 1. The molecule has 0 aromatic heterocycles. The number of hydrogen-bond donors (Lipinski definition) is 1. The second kappa shape index (κ2) is 9.67. The lowest BCUT2D eigenvalue weighted by molar-refractivity contribution is -0.142. The van der Waals surface area contributed by atoms with E-state index in [-0.39, 0.29) is 24.8 Å². The van der Waals surface area contributed by atoms with Crippen LogP contribution >= 0.6 is 15.9 Å². The highest BCUT2D eigenvalue weighted by Gasteiger charge is 2.06. The molecule has 0 bridgehead atoms. The fraction of sp³-hybridized carbons (Fsp3) is 0.167. The number of halogens is 2. The Morgan fingerprint density at radius 2 is 1.96 bits per heavy atom. The summed E-state index contributed by atoms with van der Waals surface area (Å²) >= 11 is 3.33. The molecule has 1 N–H and O–H groups in total. The molecule has 0 aliphatic heterocycles. The van der Waals surface area contributed by atoms with Crippen LogP contribution in [0.4, 0.5) is 4.39 Å². The van der Waals surface area contributed by atoms with Crippen molar-refractivity contribution in [3.05, 3.63) is 63.9 Å². The minimum atomic E-state index is -0.480. The fourth-order valence-corrected chi connectivity index (χ4v) is 2.43. The van der Waals surface area contributed by atoms with Gasteiger partial charge in [-0.25, -0.2) is 14.6 Å². The van der Waals surface area contributed by atoms with Crippen LogP contribution in [0.15, 0.2) is 52.0 Å². The minimum Gasteiger partial charge on any atom is -0.481 e. The Bertz CT molecular complexity index is 809. The van der Waals surface area contributed by atoms with Crippen LogP contribution in [-0.4, -0.2) is 31.8 Å². The first kappa shape index (κ1) is 19.6. The molecule has 0 radical (unpaired) electrons. The molecule has 0 unspecified atom stereocenters. The Morgan fingerprint density at radius 3 is 2.62 bits per heavy atom. The quantitative estimate of drug-likeness (QED) is 0.422. The summed E-state index contributed by atoms with van der Waals surface area (Å²) in [6.45, 7) is -0.192. The molecular weight excluding hydrogens is 407 g/mol. The summed E-state index contributed by atoms with van der Waals surface area (Å²) in [6.07, 6.45) is 1.57. The molecule has 0 atom stereocenters. The fourth-order valence-electron chi connectivity index (χ4n) is 1.92. The van der Waals surface area contributed by atoms with Gasteiger partial charge in [-0.15, -0.1) is 0 Å². The van der Waals surface area contributed by atoms with Crippen molar-refractivity contribution in [1.29, 1.82) is 0 Å². The van der Waals surface area contributed by atoms with Crippen LogP contribution in [0.3, 0.4) is 0 Å². The lowest BCUT2D eigenvalue weighted by Crippen LogP contribution is -2.19. The molecule has 2 rings (SSSR count). The Kier molecular flexibility index (Phi) is 7.28. The Morgan fingerprint density at radius 1 is 1.23 bits per heavy atom. The number of methoxy groups -OCH3 is 1. The molecule has 6 nitrogen and oxygen atoms in total. The third kappa shape index (κ3) is 6.29. The molecule has 0 saturated heterocycles. The number of ether oxygens (including phenoxy) is 2. The van der Waals surface area contributed by atoms with Gasteiger partial charge in [0.05, 0.1) is 24.2 Å². The average Bonchev–Trinajstić information content (AvgIpc) is 2.62. The molecule has 0 aliphatic rings. The summed E-state index contributed by atoms with van der Waals surface area (Å²) in [5.41, 5.74) is 3.81. The van der Waals surface area contributed by atoms with Gasteiger partial charge in [0.15, 0.2) is 6.61 Å². The summed E-state index contributed by atoms with van der Waals surface area (Å²) in [4.78, 5) is 22.9. The zero-order chi connectivity index (χ0) is 18.9. The van der Waals surface area contributed by atoms with E-state index in [1.807, 2.05) is 0 Å². The lowest BCUT2D eigenvalue weighted by Gasteiger charge is -2.07. The smallest absolute Gasteiger partial charge is 0.343 e. The number of hydrazone groups is 1. The third-order valence-electron chi connectivity index (χ3n) is 3.21. The maximum Gasteiger partial charge on any atom is 0.343 e. The molecule has 8 heteroatoms. The zero-order valence-corrected chi connectivity index (χ0v) is 15.5. The molecule has 0 spiro atoms. The molecule has 0 heterocycles. The second-order valence-corrected chi connectivity index (χ2v) is 6.01. The van der Waals surface area contributed by atoms with E-state index in [0.717, 1.165) is 0 Å². The van der Waals surface area contributed by atoms with Crippen LogP contribution in [0, 0.1) is 5.82 Å². The van der Waals surface area contributed by atoms with E-state index >= 15 is 0 Å². The Balaban J connectivity index is 1.87. The van der Waals surface area contributed by atoms with Crippen molar-refractivity contribution in [2.24, 2.45) is 5.10 Å². The number of esters is 1. The first-order valence-corrected chi connectivity index (χ1v) is 8.32. The highest BCUT2D eigenvalue weighted by Crippen LogP contribution is 2.25. The van der Waals surface area contributed by atoms with Gasteiger partial charge >= 0.3 is 5.97 Å². The molecule has 0 saturated carbocycles. The van der Waals surface area contributed by atoms with Gasteiger partial charge in [-0.2, -0.15) is 5.10 Å². The standard InChI is InChI=1S/C18H16BrFN2O4/c1-25-18(24)11-26-16-7-4-13(8-15(16)19)10-21-22-17(23)9-12-2-5-14(20)6-3-12/h2-8,10H,9,11H2,1H3,(H,22,23)/b21-10+. The van der Waals surface area contributed by atoms with Crippen LogP contribution in [0.5, 0.6) is 5.75 Å². The Hall–Kier alpha value is -2.74. The molecule has 0 aliphatic carbocycles. The monoisotopic (exact) mass is 422 g/mol. The van der Waals surface area contributed by atoms with E-state index in [9.17, 15) is 14.0 Å². The number of hydrogen-bond acceptors (Lipinski definition) is 5. The van der Waals surface area contributed by atoms with Crippen LogP contribution in [0.1, 0.15) is 11.1 Å². The third-order valence-corrected chi connectivity index (χ3v) is 3.83. The van der Waals surface area contributed by atoms with Crippen LogP contribution in [0.2, 0.25) is 0 Å². The summed E-state index contributed by atoms with van der Waals surface area (Å²) in [5, 5.41) is 3.88. The van der Waals surface area contributed by atoms with E-state index < -0.39 is 5.97 Å². The van der Waals surface area contributed by atoms with E-state index in [4.69, 9.17) is 4.74 Å². The molecule has 136 valence electrons. The number of nitrogens with one attached hydrogen (secondary N) is 1. The van der Waals surface area contributed by atoms with Crippen LogP contribution in [-0.2, 0) is 20.7 Å². The molecule has 0 fully saturated rings. The summed E-state index contributed by atoms with van der Waals surface area (Å²) < 4.78 is 23.2. The van der Waals surface area contributed by atoms with E-state index in [1.165, 1.54) is 25.5 Å². The first-order valence-electron chi connectivity index (χ1n) is 7.53. The van der Waals surface area contributed by atoms with Gasteiger partial charge < -0.3 is 9.47 Å². The number of amides is 1. The first-order chi connectivity index (χ1) is 12.5. The van der Waals surface area contributed by atoms with Gasteiger partial charge in [0.1, 0.15) is 11.6 Å². The highest BCUT2D eigenvalue weighted by atomic mass is 79.9. The zero-order valence-electron chi connectivity index (χ0n) is 13.9. The van der Waals surface area contributed by atoms with Gasteiger partial charge in [0.2, 0.25) is 5.91 Å². The van der Waals surface area contributed by atoms with Crippen molar-refractivity contribution >= 4 is 34.0 Å². The SMILES string of the molecule is COC(=O)COc1ccc(/C=N/NC(=O)Cc2ccc(F)cc2)cc1Br. The molecule has 2 aromatic carbocycles. The van der Waals surface area contributed by atoms with E-state index in [2.05, 4.69) is 31.2 Å². The van der Waals surface area contributed by atoms with Crippen molar-refractivity contribution in [2.75, 3.05) is 13.7 Å². The predicted molar refractivity (Wildman–Crippen MR) is 97.5 cm³/mol. The van der Waals surface area contributed by atoms with Crippen molar-refractivity contribution in [3.63, 3.8) is 0 Å². The largest absolute Gasteiger partial charge is 0.481 e. The number of benzene rings is 2. The molecule has 26 heavy (non-hydrogen) atoms. The Labute approximate surface area is 158 Å². The minimum absolute atomic E-state index is 0.0988. The van der Waals surface area contributed by atoms with Crippen LogP contribution < -0.4 is 10.2 Å². The normalized spacial score (nSPS) is 10.6. The summed E-state index contributed by atoms with van der Waals surface area (Å²) in [6, 6.07) is 10.8. The molecule has 2 aromatic rings. The van der Waals surface area contributed by atoms with Crippen molar-refractivity contribution in [2.45, 2.75) is 6.42 Å². The van der Waals surface area contributed by atoms with Gasteiger partial charge in [-0.05, 0) is 57.4 Å². The van der Waals surface area contributed by atoms with Gasteiger partial charge in [0.25, 0.3) is 0 Å². The number of carbonyl (C=O) groups is 2. The molecular formula is C18H16BrFN2O4. The van der Waals surface area contributed by atoms with E-state index in [0.29, 0.717) is 21.3 Å². The van der Waals surface area contributed by atoms with Gasteiger partial charge in [-0.1, -0.05) is 12.1 Å². The topological polar surface area (TPSA) is 77.0 Å². The lowest BCUT2D eigenvalue weighted by atomic mass is 10.1. The van der Waals surface area contributed by atoms with Crippen LogP contribution in [0.25, 0.3) is 0 Å². The van der Waals surface area contributed by atoms with Crippen molar-refractivity contribution in [3.8, 4) is 5.75 Å². The van der Waals surface area contributed by atoms with E-state index in [1.54, 1.807) is 30.3 Å². The number of carbonyl (C=O) groups excluding carboxylic acids is 2. The van der Waals surface area contributed by atoms with Crippen molar-refractivity contribution < 1.29 is 23.5 Å². The molecule has 1 amide bonds. The van der Waals surface area contributed by atoms with Crippen molar-refractivity contribution in [1.82, 2.24) is 5.43 Å². The number of rotatable bonds is 7. The van der Waals surface area contributed by atoms with Gasteiger partial charge in [-0.3, -0.25) is 4.79 Å². The maximum absolute atomic E-state index is 12.8. The summed E-state index contributed by atoms with van der Waals surface area (Å²) in [5.74, 6) is -0.666. The summed E-state index contributed by atoms with van der Waals surface area (Å²) in [7, 11) is 1.28. The maximum atomic E-state index is 12.8. The highest BCUT2D eigenvalue weighted by molar-refractivity contribution is 9.10. The second-order valence-electron chi connectivity index (χ2n) is 5.15.